The average molecular weight is 298 g/mol. The van der Waals surface area contributed by atoms with Crippen LogP contribution in [0.4, 0.5) is 0 Å². The molecule has 5 heteroatoms. The molecular formula is C17H18N2O3. The Bertz CT molecular complexity index is 679. The van der Waals surface area contributed by atoms with Gasteiger partial charge in [-0.2, -0.15) is 0 Å². The predicted molar refractivity (Wildman–Crippen MR) is 87.2 cm³/mol. The SMILES string of the molecule is C#Cc1cccc(OC(/N=C\C)=C(/C(C)=C/CC)[N+](=O)[O-])c1. The highest BCUT2D eigenvalue weighted by atomic mass is 16.6. The molecule has 22 heavy (non-hydrogen) atoms. The van der Waals surface area contributed by atoms with Gasteiger partial charge in [0.2, 0.25) is 0 Å². The minimum absolute atomic E-state index is 0.0659. The monoisotopic (exact) mass is 298 g/mol. The molecule has 0 unspecified atom stereocenters. The standard InChI is InChI=1S/C17H18N2O3/c1-5-9-13(4)16(19(20)21)17(18-7-3)22-15-11-8-10-14(6-2)12-15/h2,7-12H,5H2,1,3-4H3/b13-9+,17-16-,18-7-. The Balaban J connectivity index is 3.36. The van der Waals surface area contributed by atoms with Crippen molar-refractivity contribution >= 4 is 6.21 Å². The molecule has 1 aromatic carbocycles. The normalized spacial score (nSPS) is 12.7. The van der Waals surface area contributed by atoms with Crippen LogP contribution in [0.3, 0.4) is 0 Å². The second-order valence-electron chi connectivity index (χ2n) is 4.37. The first-order valence-corrected chi connectivity index (χ1v) is 6.82. The van der Waals surface area contributed by atoms with Gasteiger partial charge in [-0.1, -0.05) is 25.0 Å². The van der Waals surface area contributed by atoms with Crippen molar-refractivity contribution in [3.63, 3.8) is 0 Å². The van der Waals surface area contributed by atoms with Gasteiger partial charge < -0.3 is 4.74 Å². The molecule has 0 atom stereocenters. The molecule has 0 aliphatic heterocycles. The number of benzene rings is 1. The molecule has 114 valence electrons. The summed E-state index contributed by atoms with van der Waals surface area (Å²) < 4.78 is 5.59. The number of rotatable bonds is 6. The third-order valence-electron chi connectivity index (χ3n) is 2.73. The number of nitro groups is 1. The molecule has 0 bridgehead atoms. The molecule has 0 spiro atoms. The summed E-state index contributed by atoms with van der Waals surface area (Å²) in [7, 11) is 0. The minimum atomic E-state index is -0.491. The van der Waals surface area contributed by atoms with Gasteiger partial charge in [0.1, 0.15) is 5.75 Å². The third-order valence-corrected chi connectivity index (χ3v) is 2.73. The van der Waals surface area contributed by atoms with Crippen LogP contribution < -0.4 is 4.74 Å². The van der Waals surface area contributed by atoms with Crippen molar-refractivity contribution in [2.75, 3.05) is 0 Å². The number of aliphatic imine (C=N–C) groups is 1. The van der Waals surface area contributed by atoms with Crippen LogP contribution in [-0.2, 0) is 0 Å². The summed E-state index contributed by atoms with van der Waals surface area (Å²) in [5.74, 6) is 2.82. The van der Waals surface area contributed by atoms with Crippen molar-refractivity contribution in [3.05, 3.63) is 63.2 Å². The van der Waals surface area contributed by atoms with Crippen molar-refractivity contribution in [1.82, 2.24) is 0 Å². The molecule has 0 saturated carbocycles. The lowest BCUT2D eigenvalue weighted by Crippen LogP contribution is -2.08. The summed E-state index contributed by atoms with van der Waals surface area (Å²) in [4.78, 5) is 14.9. The first kappa shape index (κ1) is 17.2. The number of allylic oxidation sites excluding steroid dienone is 2. The fraction of sp³-hybridized carbons (Fsp3) is 0.235. The zero-order valence-electron chi connectivity index (χ0n) is 12.9. The van der Waals surface area contributed by atoms with Gasteiger partial charge in [-0.15, -0.1) is 6.42 Å². The zero-order valence-corrected chi connectivity index (χ0v) is 12.9. The molecule has 0 amide bonds. The number of hydrogen-bond donors (Lipinski definition) is 0. The Morgan fingerprint density at radius 2 is 2.27 bits per heavy atom. The number of hydrogen-bond acceptors (Lipinski definition) is 4. The van der Waals surface area contributed by atoms with Gasteiger partial charge in [0.05, 0.1) is 4.92 Å². The Kier molecular flexibility index (Phi) is 6.58. The molecule has 0 heterocycles. The van der Waals surface area contributed by atoms with Gasteiger partial charge >= 0.3 is 5.70 Å². The minimum Gasteiger partial charge on any atom is -0.434 e. The van der Waals surface area contributed by atoms with Crippen molar-refractivity contribution in [2.45, 2.75) is 27.2 Å². The van der Waals surface area contributed by atoms with Crippen molar-refractivity contribution in [1.29, 1.82) is 0 Å². The number of nitrogens with zero attached hydrogens (tertiary/aromatic N) is 2. The van der Waals surface area contributed by atoms with Crippen LogP contribution in [0.15, 0.2) is 52.5 Å². The van der Waals surface area contributed by atoms with E-state index >= 15 is 0 Å². The van der Waals surface area contributed by atoms with E-state index in [9.17, 15) is 10.1 Å². The molecule has 5 nitrogen and oxygen atoms in total. The van der Waals surface area contributed by atoms with Crippen molar-refractivity contribution < 1.29 is 9.66 Å². The topological polar surface area (TPSA) is 64.7 Å². The van der Waals surface area contributed by atoms with E-state index in [2.05, 4.69) is 10.9 Å². The molecule has 1 rings (SSSR count). The average Bonchev–Trinajstić information content (AvgIpc) is 2.47. The van der Waals surface area contributed by atoms with E-state index in [0.29, 0.717) is 23.3 Å². The lowest BCUT2D eigenvalue weighted by molar-refractivity contribution is -0.423. The summed E-state index contributed by atoms with van der Waals surface area (Å²) in [6.07, 6.45) is 9.22. The first-order chi connectivity index (χ1) is 10.5. The van der Waals surface area contributed by atoms with Crippen LogP contribution in [0.2, 0.25) is 0 Å². The zero-order chi connectivity index (χ0) is 16.5. The maximum atomic E-state index is 11.4. The summed E-state index contributed by atoms with van der Waals surface area (Å²) in [6, 6.07) is 6.76. The van der Waals surface area contributed by atoms with Crippen LogP contribution in [0.5, 0.6) is 5.75 Å². The largest absolute Gasteiger partial charge is 0.434 e. The Labute approximate surface area is 130 Å². The van der Waals surface area contributed by atoms with E-state index < -0.39 is 4.92 Å². The first-order valence-electron chi connectivity index (χ1n) is 6.82. The Morgan fingerprint density at radius 1 is 1.55 bits per heavy atom. The Hall–Kier alpha value is -2.87. The number of terminal acetylenes is 1. The maximum Gasteiger partial charge on any atom is 0.333 e. The fourth-order valence-corrected chi connectivity index (χ4v) is 1.81. The summed E-state index contributed by atoms with van der Waals surface area (Å²) in [5.41, 5.74) is 0.966. The van der Waals surface area contributed by atoms with Gasteiger partial charge in [0, 0.05) is 17.4 Å². The van der Waals surface area contributed by atoms with Crippen molar-refractivity contribution in [3.8, 4) is 18.1 Å². The molecule has 1 aromatic rings. The predicted octanol–water partition coefficient (Wildman–Crippen LogP) is 3.94. The summed E-state index contributed by atoms with van der Waals surface area (Å²) in [5, 5.41) is 11.4. The van der Waals surface area contributed by atoms with E-state index in [1.54, 1.807) is 44.2 Å². The molecule has 0 fully saturated rings. The number of ether oxygens (including phenoxy) is 1. The molecule has 0 aliphatic carbocycles. The van der Waals surface area contributed by atoms with Gasteiger partial charge in [-0.3, -0.25) is 10.1 Å². The Morgan fingerprint density at radius 3 is 2.82 bits per heavy atom. The highest BCUT2D eigenvalue weighted by molar-refractivity contribution is 5.55. The molecule has 0 aliphatic rings. The second kappa shape index (κ2) is 8.42. The smallest absolute Gasteiger partial charge is 0.333 e. The molecule has 0 radical (unpaired) electrons. The fourth-order valence-electron chi connectivity index (χ4n) is 1.81. The van der Waals surface area contributed by atoms with E-state index in [-0.39, 0.29) is 11.6 Å². The highest BCUT2D eigenvalue weighted by Gasteiger charge is 2.22. The van der Waals surface area contributed by atoms with Crippen molar-refractivity contribution in [2.24, 2.45) is 4.99 Å². The van der Waals surface area contributed by atoms with Gasteiger partial charge in [0.15, 0.2) is 0 Å². The molecule has 0 N–H and O–H groups in total. The summed E-state index contributed by atoms with van der Waals surface area (Å²) in [6.45, 7) is 5.23. The highest BCUT2D eigenvalue weighted by Crippen LogP contribution is 2.22. The molecular weight excluding hydrogens is 280 g/mol. The van der Waals surface area contributed by atoms with Gasteiger partial charge in [-0.05, 0) is 38.5 Å². The van der Waals surface area contributed by atoms with Crippen LogP contribution >= 0.6 is 0 Å². The van der Waals surface area contributed by atoms with Crippen LogP contribution in [0, 0.1) is 22.5 Å². The molecule has 0 saturated heterocycles. The lowest BCUT2D eigenvalue weighted by Gasteiger charge is -2.08. The van der Waals surface area contributed by atoms with Crippen LogP contribution in [-0.4, -0.2) is 11.1 Å². The van der Waals surface area contributed by atoms with Crippen LogP contribution in [0.1, 0.15) is 32.8 Å². The third kappa shape index (κ3) is 4.60. The molecule has 0 aromatic heterocycles. The quantitative estimate of drug-likeness (QED) is 0.199. The summed E-state index contributed by atoms with van der Waals surface area (Å²) >= 11 is 0. The van der Waals surface area contributed by atoms with E-state index in [1.807, 2.05) is 6.92 Å². The van der Waals surface area contributed by atoms with E-state index in [0.717, 1.165) is 0 Å². The van der Waals surface area contributed by atoms with E-state index in [4.69, 9.17) is 11.2 Å². The van der Waals surface area contributed by atoms with Gasteiger partial charge in [-0.25, -0.2) is 4.99 Å². The van der Waals surface area contributed by atoms with Crippen LogP contribution in [0.25, 0.3) is 0 Å². The van der Waals surface area contributed by atoms with Gasteiger partial charge in [0.25, 0.3) is 5.88 Å². The maximum absolute atomic E-state index is 11.4. The van der Waals surface area contributed by atoms with E-state index in [1.165, 1.54) is 6.21 Å². The lowest BCUT2D eigenvalue weighted by atomic mass is 10.2. The second-order valence-corrected chi connectivity index (χ2v) is 4.37.